The van der Waals surface area contributed by atoms with Gasteiger partial charge in [-0.15, -0.1) is 11.3 Å². The quantitative estimate of drug-likeness (QED) is 0.322. The van der Waals surface area contributed by atoms with Crippen LogP contribution in [0.1, 0.15) is 58.1 Å². The van der Waals surface area contributed by atoms with Gasteiger partial charge in [-0.3, -0.25) is 24.4 Å². The number of aromatic nitrogens is 2. The second-order valence-electron chi connectivity index (χ2n) is 6.02. The molecular formula is C17H20N4O6S. The van der Waals surface area contributed by atoms with E-state index in [-0.39, 0.29) is 34.3 Å². The Morgan fingerprint density at radius 3 is 2.54 bits per heavy atom. The highest BCUT2D eigenvalue weighted by atomic mass is 32.1. The summed E-state index contributed by atoms with van der Waals surface area (Å²) in [5.74, 6) is -1.42. The molecule has 150 valence electrons. The maximum atomic E-state index is 12.7. The van der Waals surface area contributed by atoms with E-state index in [1.807, 2.05) is 0 Å². The zero-order chi connectivity index (χ0) is 21.2. The fraction of sp³-hybridized carbons (Fsp3) is 0.412. The van der Waals surface area contributed by atoms with E-state index in [4.69, 9.17) is 4.74 Å². The molecule has 0 saturated carbocycles. The van der Waals surface area contributed by atoms with Crippen molar-refractivity contribution in [2.24, 2.45) is 0 Å². The maximum absolute atomic E-state index is 12.7. The van der Waals surface area contributed by atoms with Crippen LogP contribution in [0, 0.1) is 24.0 Å². The average Bonchev–Trinajstić information content (AvgIpc) is 3.14. The fourth-order valence-corrected chi connectivity index (χ4v) is 3.79. The van der Waals surface area contributed by atoms with Crippen molar-refractivity contribution in [3.05, 3.63) is 38.0 Å². The molecule has 2 heterocycles. The van der Waals surface area contributed by atoms with E-state index in [1.165, 1.54) is 25.5 Å². The first-order chi connectivity index (χ1) is 13.1. The van der Waals surface area contributed by atoms with Crippen LogP contribution >= 0.6 is 11.3 Å². The summed E-state index contributed by atoms with van der Waals surface area (Å²) in [6.07, 6.45) is 1.08. The second kappa shape index (κ2) is 8.30. The van der Waals surface area contributed by atoms with Crippen LogP contribution in [0.25, 0.3) is 0 Å². The lowest BCUT2D eigenvalue weighted by Gasteiger charge is -2.14. The van der Waals surface area contributed by atoms with E-state index in [0.29, 0.717) is 10.4 Å². The standard InChI is InChI=1S/C17H20N4O6S/c1-6-27-17(24)13-8(2)14(11(5)22)28-16(13)19-15(23)10(4)20-9(3)12(7-18-20)21(25)26/h7,10H,6H2,1-5H3,(H,19,23). The summed E-state index contributed by atoms with van der Waals surface area (Å²) in [7, 11) is 0. The van der Waals surface area contributed by atoms with Crippen molar-refractivity contribution in [1.29, 1.82) is 0 Å². The van der Waals surface area contributed by atoms with Crippen molar-refractivity contribution in [2.45, 2.75) is 40.7 Å². The number of thiophene rings is 1. The minimum atomic E-state index is -0.882. The molecule has 1 N–H and O–H groups in total. The van der Waals surface area contributed by atoms with Crippen LogP contribution in [0.2, 0.25) is 0 Å². The summed E-state index contributed by atoms with van der Waals surface area (Å²) >= 11 is 0.983. The van der Waals surface area contributed by atoms with Crippen LogP contribution in [0.3, 0.4) is 0 Å². The van der Waals surface area contributed by atoms with Gasteiger partial charge < -0.3 is 10.1 Å². The first-order valence-electron chi connectivity index (χ1n) is 8.40. The topological polar surface area (TPSA) is 133 Å². The maximum Gasteiger partial charge on any atom is 0.341 e. The number of carbonyl (C=O) groups excluding carboxylic acids is 3. The van der Waals surface area contributed by atoms with Crippen molar-refractivity contribution in [3.8, 4) is 0 Å². The number of anilines is 1. The van der Waals surface area contributed by atoms with Gasteiger partial charge in [0.1, 0.15) is 22.9 Å². The summed E-state index contributed by atoms with van der Waals surface area (Å²) in [6, 6.07) is -0.882. The Labute approximate surface area is 164 Å². The molecule has 0 aliphatic heterocycles. The molecule has 0 aliphatic carbocycles. The molecule has 2 aromatic rings. The molecule has 28 heavy (non-hydrogen) atoms. The van der Waals surface area contributed by atoms with Crippen molar-refractivity contribution in [1.82, 2.24) is 9.78 Å². The van der Waals surface area contributed by atoms with E-state index >= 15 is 0 Å². The molecule has 1 amide bonds. The number of nitro groups is 1. The molecule has 1 atom stereocenters. The largest absolute Gasteiger partial charge is 0.462 e. The van der Waals surface area contributed by atoms with E-state index in [0.717, 1.165) is 17.5 Å². The number of esters is 1. The number of carbonyl (C=O) groups is 3. The van der Waals surface area contributed by atoms with E-state index in [1.54, 1.807) is 13.8 Å². The van der Waals surface area contributed by atoms with Crippen molar-refractivity contribution >= 4 is 39.7 Å². The number of nitrogens with zero attached hydrogens (tertiary/aromatic N) is 3. The van der Waals surface area contributed by atoms with Gasteiger partial charge in [0.15, 0.2) is 5.78 Å². The number of Topliss-reactive ketones (excluding diaryl/α,β-unsaturated/α-hetero) is 1. The molecule has 2 rings (SSSR count). The molecule has 11 heteroatoms. The lowest BCUT2D eigenvalue weighted by atomic mass is 10.1. The van der Waals surface area contributed by atoms with E-state index in [2.05, 4.69) is 10.4 Å². The molecular weight excluding hydrogens is 388 g/mol. The van der Waals surface area contributed by atoms with Gasteiger partial charge in [-0.2, -0.15) is 5.10 Å². The van der Waals surface area contributed by atoms with E-state index in [9.17, 15) is 24.5 Å². The number of rotatable bonds is 7. The van der Waals surface area contributed by atoms with E-state index < -0.39 is 22.8 Å². The lowest BCUT2D eigenvalue weighted by molar-refractivity contribution is -0.385. The second-order valence-corrected chi connectivity index (χ2v) is 7.04. The Morgan fingerprint density at radius 2 is 2.04 bits per heavy atom. The highest BCUT2D eigenvalue weighted by Crippen LogP contribution is 2.34. The Hall–Kier alpha value is -3.08. The fourth-order valence-electron chi connectivity index (χ4n) is 2.70. The molecule has 0 aromatic carbocycles. The molecule has 0 aliphatic rings. The number of ether oxygens (including phenoxy) is 1. The number of hydrogen-bond acceptors (Lipinski definition) is 8. The SMILES string of the molecule is CCOC(=O)c1c(NC(=O)C(C)n2ncc([N+](=O)[O-])c2C)sc(C(C)=O)c1C. The number of amides is 1. The average molecular weight is 408 g/mol. The minimum absolute atomic E-state index is 0.126. The van der Waals surface area contributed by atoms with Crippen molar-refractivity contribution < 1.29 is 24.0 Å². The van der Waals surface area contributed by atoms with Crippen LogP contribution in [0.4, 0.5) is 10.7 Å². The predicted octanol–water partition coefficient (Wildman–Crippen LogP) is 3.05. The molecule has 1 unspecified atom stereocenters. The van der Waals surface area contributed by atoms with Crippen LogP contribution in [0.5, 0.6) is 0 Å². The summed E-state index contributed by atoms with van der Waals surface area (Å²) < 4.78 is 6.26. The van der Waals surface area contributed by atoms with Gasteiger partial charge in [0.05, 0.1) is 22.0 Å². The van der Waals surface area contributed by atoms with Gasteiger partial charge in [0.25, 0.3) is 0 Å². The van der Waals surface area contributed by atoms with Gasteiger partial charge in [-0.1, -0.05) is 0 Å². The monoisotopic (exact) mass is 408 g/mol. The Kier molecular flexibility index (Phi) is 6.29. The van der Waals surface area contributed by atoms with Crippen LogP contribution in [-0.2, 0) is 9.53 Å². The van der Waals surface area contributed by atoms with Crippen molar-refractivity contribution in [2.75, 3.05) is 11.9 Å². The highest BCUT2D eigenvalue weighted by molar-refractivity contribution is 7.18. The first kappa shape index (κ1) is 21.2. The molecule has 0 bridgehead atoms. The number of hydrogen-bond donors (Lipinski definition) is 1. The smallest absolute Gasteiger partial charge is 0.341 e. The molecule has 10 nitrogen and oxygen atoms in total. The third-order valence-electron chi connectivity index (χ3n) is 4.14. The van der Waals surface area contributed by atoms with Crippen LogP contribution in [0.15, 0.2) is 6.20 Å². The van der Waals surface area contributed by atoms with Gasteiger partial charge in [-0.05, 0) is 40.2 Å². The first-order valence-corrected chi connectivity index (χ1v) is 9.22. The van der Waals surface area contributed by atoms with Gasteiger partial charge in [0.2, 0.25) is 5.91 Å². The van der Waals surface area contributed by atoms with Gasteiger partial charge >= 0.3 is 11.7 Å². The van der Waals surface area contributed by atoms with Crippen LogP contribution < -0.4 is 5.32 Å². The van der Waals surface area contributed by atoms with Crippen molar-refractivity contribution in [3.63, 3.8) is 0 Å². The summed E-state index contributed by atoms with van der Waals surface area (Å²) in [6.45, 7) is 7.79. The normalized spacial score (nSPS) is 11.8. The molecule has 0 radical (unpaired) electrons. The Balaban J connectivity index is 2.37. The number of nitrogens with one attached hydrogen (secondary N) is 1. The zero-order valence-corrected chi connectivity index (χ0v) is 16.9. The summed E-state index contributed by atoms with van der Waals surface area (Å²) in [5, 5.41) is 17.7. The molecule has 0 spiro atoms. The molecule has 2 aromatic heterocycles. The third kappa shape index (κ3) is 3.93. The molecule has 0 fully saturated rings. The minimum Gasteiger partial charge on any atom is -0.462 e. The predicted molar refractivity (Wildman–Crippen MR) is 102 cm³/mol. The molecule has 0 saturated heterocycles. The highest BCUT2D eigenvalue weighted by Gasteiger charge is 2.28. The van der Waals surface area contributed by atoms with Gasteiger partial charge in [0, 0.05) is 0 Å². The summed E-state index contributed by atoms with van der Waals surface area (Å²) in [5.41, 5.74) is 0.591. The Bertz CT molecular complexity index is 961. The van der Waals surface area contributed by atoms with Crippen LogP contribution in [-0.4, -0.2) is 39.0 Å². The lowest BCUT2D eigenvalue weighted by Crippen LogP contribution is -2.25. The van der Waals surface area contributed by atoms with Gasteiger partial charge in [-0.25, -0.2) is 4.79 Å². The third-order valence-corrected chi connectivity index (χ3v) is 5.45. The number of ketones is 1. The summed E-state index contributed by atoms with van der Waals surface area (Å²) in [4.78, 5) is 47.6. The zero-order valence-electron chi connectivity index (χ0n) is 16.1. The Morgan fingerprint density at radius 1 is 1.39 bits per heavy atom.